The minimum absolute atomic E-state index is 0.00689. The van der Waals surface area contributed by atoms with E-state index in [1.807, 2.05) is 35.2 Å². The van der Waals surface area contributed by atoms with E-state index in [1.165, 1.54) is 5.56 Å². The van der Waals surface area contributed by atoms with Crippen molar-refractivity contribution in [1.29, 1.82) is 0 Å². The SMILES string of the molecule is CCc1ccc(Nc2cc3c(nc4ccc(N(CCO)CCO)cc4[n+]3-c3ccccc3)c3ccccc23)cc1. The molecule has 6 nitrogen and oxygen atoms in total. The Balaban J connectivity index is 1.65. The van der Waals surface area contributed by atoms with Gasteiger partial charge in [0.05, 0.1) is 18.9 Å². The summed E-state index contributed by atoms with van der Waals surface area (Å²) < 4.78 is 2.26. The fraction of sp³-hybridized carbons (Fsp3) is 0.176. The number of hydrogen-bond donors (Lipinski definition) is 3. The van der Waals surface area contributed by atoms with Gasteiger partial charge in [0.2, 0.25) is 16.7 Å². The Hall–Kier alpha value is -4.52. The van der Waals surface area contributed by atoms with Gasteiger partial charge in [-0.15, -0.1) is 4.57 Å². The summed E-state index contributed by atoms with van der Waals surface area (Å²) >= 11 is 0. The first-order chi connectivity index (χ1) is 19.7. The van der Waals surface area contributed by atoms with Gasteiger partial charge >= 0.3 is 0 Å². The molecule has 0 spiro atoms. The normalized spacial score (nSPS) is 11.4. The highest BCUT2D eigenvalue weighted by atomic mass is 16.3. The monoisotopic (exact) mass is 529 g/mol. The lowest BCUT2D eigenvalue weighted by Crippen LogP contribution is -2.34. The number of aliphatic hydroxyl groups is 2. The van der Waals surface area contributed by atoms with Crippen LogP contribution in [0.4, 0.5) is 17.1 Å². The van der Waals surface area contributed by atoms with Crippen LogP contribution in [0.1, 0.15) is 12.5 Å². The molecule has 1 heterocycles. The van der Waals surface area contributed by atoms with Gasteiger partial charge in [0.25, 0.3) is 0 Å². The summed E-state index contributed by atoms with van der Waals surface area (Å²) in [5.41, 5.74) is 9.04. The first-order valence-electron chi connectivity index (χ1n) is 13.8. The lowest BCUT2D eigenvalue weighted by molar-refractivity contribution is -0.538. The van der Waals surface area contributed by atoms with Crippen LogP contribution in [0.3, 0.4) is 0 Å². The summed E-state index contributed by atoms with van der Waals surface area (Å²) in [5, 5.41) is 25.1. The van der Waals surface area contributed by atoms with E-state index >= 15 is 0 Å². The lowest BCUT2D eigenvalue weighted by atomic mass is 10.0. The van der Waals surface area contributed by atoms with Gasteiger partial charge in [0.1, 0.15) is 11.0 Å². The third-order valence-electron chi connectivity index (χ3n) is 7.43. The molecule has 0 atom stereocenters. The van der Waals surface area contributed by atoms with E-state index in [1.54, 1.807) is 0 Å². The molecule has 0 bridgehead atoms. The van der Waals surface area contributed by atoms with Crippen molar-refractivity contribution in [2.75, 3.05) is 36.5 Å². The van der Waals surface area contributed by atoms with Crippen LogP contribution in [-0.4, -0.2) is 41.5 Å². The molecule has 0 unspecified atom stereocenters. The lowest BCUT2D eigenvalue weighted by Gasteiger charge is -2.22. The smallest absolute Gasteiger partial charge is 0.240 e. The summed E-state index contributed by atoms with van der Waals surface area (Å²) in [6.07, 6.45) is 1.00. The molecule has 0 aliphatic heterocycles. The van der Waals surface area contributed by atoms with E-state index in [-0.39, 0.29) is 13.2 Å². The van der Waals surface area contributed by atoms with Crippen molar-refractivity contribution in [1.82, 2.24) is 4.98 Å². The van der Waals surface area contributed by atoms with Gasteiger partial charge in [0.15, 0.2) is 0 Å². The number of nitrogens with zero attached hydrogens (tertiary/aromatic N) is 3. The largest absolute Gasteiger partial charge is 0.395 e. The molecule has 6 aromatic rings. The molecule has 0 saturated carbocycles. The average Bonchev–Trinajstić information content (AvgIpc) is 3.00. The molecule has 6 heteroatoms. The van der Waals surface area contributed by atoms with E-state index in [0.29, 0.717) is 13.1 Å². The molecule has 0 radical (unpaired) electrons. The van der Waals surface area contributed by atoms with Crippen LogP contribution in [0.5, 0.6) is 0 Å². The van der Waals surface area contributed by atoms with Gasteiger partial charge < -0.3 is 20.4 Å². The number of aliphatic hydroxyl groups excluding tert-OH is 2. The van der Waals surface area contributed by atoms with Gasteiger partial charge in [-0.05, 0) is 36.2 Å². The van der Waals surface area contributed by atoms with Gasteiger partial charge in [-0.25, -0.2) is 4.98 Å². The Labute approximate surface area is 233 Å². The minimum atomic E-state index is 0.00689. The number of aryl methyl sites for hydroxylation is 1. The van der Waals surface area contributed by atoms with Gasteiger partial charge in [0, 0.05) is 59.5 Å². The molecule has 3 N–H and O–H groups in total. The first kappa shape index (κ1) is 25.7. The molecule has 0 saturated heterocycles. The second-order valence-electron chi connectivity index (χ2n) is 9.90. The highest BCUT2D eigenvalue weighted by molar-refractivity contribution is 6.11. The molecule has 1 aromatic heterocycles. The average molecular weight is 530 g/mol. The summed E-state index contributed by atoms with van der Waals surface area (Å²) in [4.78, 5) is 7.18. The van der Waals surface area contributed by atoms with Crippen molar-refractivity contribution in [3.05, 3.63) is 109 Å². The molecule has 0 amide bonds. The number of hydrogen-bond acceptors (Lipinski definition) is 5. The van der Waals surface area contributed by atoms with Crippen LogP contribution in [0, 0.1) is 0 Å². The van der Waals surface area contributed by atoms with Crippen molar-refractivity contribution in [3.8, 4) is 5.69 Å². The summed E-state index contributed by atoms with van der Waals surface area (Å²) in [7, 11) is 0. The Morgan fingerprint density at radius 3 is 2.15 bits per heavy atom. The summed E-state index contributed by atoms with van der Waals surface area (Å²) in [5.74, 6) is 0. The Bertz CT molecular complexity index is 1780. The Morgan fingerprint density at radius 1 is 0.750 bits per heavy atom. The number of fused-ring (bicyclic) bond motifs is 4. The molecule has 6 rings (SSSR count). The molecule has 40 heavy (non-hydrogen) atoms. The third kappa shape index (κ3) is 4.83. The zero-order valence-corrected chi connectivity index (χ0v) is 22.6. The van der Waals surface area contributed by atoms with Gasteiger partial charge in [-0.2, -0.15) is 0 Å². The highest BCUT2D eigenvalue weighted by Crippen LogP contribution is 2.34. The number of benzene rings is 5. The minimum Gasteiger partial charge on any atom is -0.395 e. The maximum Gasteiger partial charge on any atom is 0.240 e. The van der Waals surface area contributed by atoms with E-state index in [4.69, 9.17) is 4.98 Å². The number of rotatable bonds is 9. The van der Waals surface area contributed by atoms with Crippen molar-refractivity contribution in [2.24, 2.45) is 0 Å². The molecule has 5 aromatic carbocycles. The Morgan fingerprint density at radius 2 is 1.45 bits per heavy atom. The third-order valence-corrected chi connectivity index (χ3v) is 7.43. The summed E-state index contributed by atoms with van der Waals surface area (Å²) in [6, 6.07) is 35.7. The van der Waals surface area contributed by atoms with Crippen LogP contribution >= 0.6 is 0 Å². The maximum absolute atomic E-state index is 9.65. The second-order valence-corrected chi connectivity index (χ2v) is 9.90. The van der Waals surface area contributed by atoms with Crippen molar-refractivity contribution in [3.63, 3.8) is 0 Å². The topological polar surface area (TPSA) is 72.5 Å². The van der Waals surface area contributed by atoms with Crippen LogP contribution in [-0.2, 0) is 6.42 Å². The van der Waals surface area contributed by atoms with E-state index < -0.39 is 0 Å². The van der Waals surface area contributed by atoms with E-state index in [2.05, 4.69) is 89.6 Å². The number of aromatic nitrogens is 2. The number of nitrogens with one attached hydrogen (secondary N) is 1. The Kier molecular flexibility index (Phi) is 7.27. The quantitative estimate of drug-likeness (QED) is 0.123. The van der Waals surface area contributed by atoms with Crippen LogP contribution in [0.25, 0.3) is 38.5 Å². The molecule has 200 valence electrons. The van der Waals surface area contributed by atoms with Crippen molar-refractivity contribution < 1.29 is 14.8 Å². The molecule has 0 fully saturated rings. The van der Waals surface area contributed by atoms with Crippen LogP contribution < -0.4 is 14.8 Å². The van der Waals surface area contributed by atoms with E-state index in [0.717, 1.165) is 62.0 Å². The predicted molar refractivity (Wildman–Crippen MR) is 164 cm³/mol. The predicted octanol–water partition coefficient (Wildman–Crippen LogP) is 5.91. The molecule has 0 aliphatic rings. The zero-order valence-electron chi connectivity index (χ0n) is 22.6. The standard InChI is InChI=1S/C34H32N4O2/c1-2-24-12-14-25(15-13-24)35-31-23-33-34(29-11-7-6-10-28(29)31)36-30-17-16-27(37(18-20-39)19-21-40)22-32(30)38(33)26-8-4-3-5-9-26/h3-17,22-23,39-40H,2,18-21H2,1H3/p+1. The van der Waals surface area contributed by atoms with Crippen LogP contribution in [0.15, 0.2) is 103 Å². The molecular weight excluding hydrogens is 496 g/mol. The van der Waals surface area contributed by atoms with Crippen molar-refractivity contribution in [2.45, 2.75) is 13.3 Å². The van der Waals surface area contributed by atoms with Crippen LogP contribution in [0.2, 0.25) is 0 Å². The van der Waals surface area contributed by atoms with E-state index in [9.17, 15) is 10.2 Å². The van der Waals surface area contributed by atoms with Gasteiger partial charge in [-0.3, -0.25) is 0 Å². The van der Waals surface area contributed by atoms with Gasteiger partial charge in [-0.1, -0.05) is 61.5 Å². The molecular formula is C34H33N4O2+. The number of anilines is 3. The number of para-hydroxylation sites is 1. The zero-order chi connectivity index (χ0) is 27.5. The summed E-state index contributed by atoms with van der Waals surface area (Å²) in [6.45, 7) is 3.05. The second kappa shape index (κ2) is 11.3. The maximum atomic E-state index is 9.65. The highest BCUT2D eigenvalue weighted by Gasteiger charge is 2.23. The first-order valence-corrected chi connectivity index (χ1v) is 13.8. The fourth-order valence-corrected chi connectivity index (χ4v) is 5.41. The molecule has 0 aliphatic carbocycles. The van der Waals surface area contributed by atoms with Crippen molar-refractivity contribution >= 4 is 49.9 Å². The fourth-order valence-electron chi connectivity index (χ4n) is 5.41.